The first-order chi connectivity index (χ1) is 7.77. The van der Waals surface area contributed by atoms with Crippen LogP contribution in [-0.2, 0) is 4.74 Å². The summed E-state index contributed by atoms with van der Waals surface area (Å²) in [5.41, 5.74) is 1.19. The Kier molecular flexibility index (Phi) is 3.80. The fraction of sp³-hybridized carbons (Fsp3) is 0.538. The molecule has 1 saturated heterocycles. The minimum absolute atomic E-state index is 0.200. The Balaban J connectivity index is 2.17. The molecular formula is C13H19NO2. The largest absolute Gasteiger partial charge is 0.491 e. The molecule has 0 spiro atoms. The van der Waals surface area contributed by atoms with Gasteiger partial charge in [0.25, 0.3) is 0 Å². The fourth-order valence-electron chi connectivity index (χ4n) is 1.89. The maximum atomic E-state index is 5.80. The second-order valence-corrected chi connectivity index (χ2v) is 4.29. The van der Waals surface area contributed by atoms with Crippen LogP contribution in [0.1, 0.15) is 25.5 Å². The number of ether oxygens (including phenoxy) is 2. The molecule has 1 heterocycles. The third-order valence-corrected chi connectivity index (χ3v) is 2.58. The molecule has 88 valence electrons. The standard InChI is InChI=1S/C13H19NO2/c1-10(2)16-13-6-4-3-5-11(13)12-9-15-8-7-14-12/h3-6,10,12,14H,7-9H2,1-2H3/t12-/m0/s1. The van der Waals surface area contributed by atoms with Gasteiger partial charge in [-0.1, -0.05) is 18.2 Å². The van der Waals surface area contributed by atoms with E-state index in [1.54, 1.807) is 0 Å². The quantitative estimate of drug-likeness (QED) is 0.848. The van der Waals surface area contributed by atoms with E-state index < -0.39 is 0 Å². The van der Waals surface area contributed by atoms with Crippen molar-refractivity contribution >= 4 is 0 Å². The van der Waals surface area contributed by atoms with Gasteiger partial charge in [0.05, 0.1) is 25.4 Å². The summed E-state index contributed by atoms with van der Waals surface area (Å²) in [4.78, 5) is 0. The van der Waals surface area contributed by atoms with Gasteiger partial charge in [-0.05, 0) is 19.9 Å². The second kappa shape index (κ2) is 5.32. The molecule has 0 amide bonds. The van der Waals surface area contributed by atoms with E-state index in [0.717, 1.165) is 25.5 Å². The Labute approximate surface area is 96.8 Å². The molecule has 0 radical (unpaired) electrons. The lowest BCUT2D eigenvalue weighted by atomic mass is 10.1. The molecule has 0 unspecified atom stereocenters. The summed E-state index contributed by atoms with van der Waals surface area (Å²) in [6.07, 6.45) is 0.200. The monoisotopic (exact) mass is 221 g/mol. The van der Waals surface area contributed by atoms with E-state index in [2.05, 4.69) is 11.4 Å². The van der Waals surface area contributed by atoms with Crippen LogP contribution in [0.4, 0.5) is 0 Å². The molecule has 1 N–H and O–H groups in total. The van der Waals surface area contributed by atoms with Crippen LogP contribution in [0.3, 0.4) is 0 Å². The van der Waals surface area contributed by atoms with Crippen LogP contribution >= 0.6 is 0 Å². The van der Waals surface area contributed by atoms with Crippen LogP contribution in [0.5, 0.6) is 5.75 Å². The third kappa shape index (κ3) is 2.74. The topological polar surface area (TPSA) is 30.5 Å². The van der Waals surface area contributed by atoms with E-state index in [0.29, 0.717) is 0 Å². The van der Waals surface area contributed by atoms with Crippen molar-refractivity contribution in [1.82, 2.24) is 5.32 Å². The number of morpholine rings is 1. The molecule has 0 saturated carbocycles. The Bertz CT molecular complexity index is 332. The molecule has 1 aliphatic rings. The number of hydrogen-bond donors (Lipinski definition) is 1. The number of hydrogen-bond acceptors (Lipinski definition) is 3. The van der Waals surface area contributed by atoms with Gasteiger partial charge >= 0.3 is 0 Å². The first-order valence-corrected chi connectivity index (χ1v) is 5.84. The Hall–Kier alpha value is -1.06. The summed E-state index contributed by atoms with van der Waals surface area (Å²) < 4.78 is 11.3. The molecule has 1 aromatic rings. The molecule has 3 nitrogen and oxygen atoms in total. The molecule has 3 heteroatoms. The van der Waals surface area contributed by atoms with Crippen LogP contribution in [0.15, 0.2) is 24.3 Å². The van der Waals surface area contributed by atoms with Crippen molar-refractivity contribution in [1.29, 1.82) is 0 Å². The number of para-hydroxylation sites is 1. The first-order valence-electron chi connectivity index (χ1n) is 5.84. The zero-order chi connectivity index (χ0) is 11.4. The van der Waals surface area contributed by atoms with Gasteiger partial charge in [-0.3, -0.25) is 0 Å². The lowest BCUT2D eigenvalue weighted by Gasteiger charge is -2.26. The first kappa shape index (κ1) is 11.4. The minimum atomic E-state index is 0.200. The summed E-state index contributed by atoms with van der Waals surface area (Å²) in [6, 6.07) is 8.42. The average molecular weight is 221 g/mol. The van der Waals surface area contributed by atoms with Crippen molar-refractivity contribution in [2.45, 2.75) is 26.0 Å². The second-order valence-electron chi connectivity index (χ2n) is 4.29. The Morgan fingerprint density at radius 3 is 2.88 bits per heavy atom. The van der Waals surface area contributed by atoms with Crippen molar-refractivity contribution in [2.75, 3.05) is 19.8 Å². The highest BCUT2D eigenvalue weighted by molar-refractivity contribution is 5.36. The van der Waals surface area contributed by atoms with Gasteiger partial charge < -0.3 is 14.8 Å². The van der Waals surface area contributed by atoms with Crippen molar-refractivity contribution < 1.29 is 9.47 Å². The number of nitrogens with one attached hydrogen (secondary N) is 1. The molecule has 1 fully saturated rings. The van der Waals surface area contributed by atoms with E-state index >= 15 is 0 Å². The number of benzene rings is 1. The van der Waals surface area contributed by atoms with E-state index in [9.17, 15) is 0 Å². The summed E-state index contributed by atoms with van der Waals surface area (Å²) >= 11 is 0. The van der Waals surface area contributed by atoms with E-state index in [1.807, 2.05) is 32.0 Å². The van der Waals surface area contributed by atoms with E-state index in [-0.39, 0.29) is 12.1 Å². The lowest BCUT2D eigenvalue weighted by Crippen LogP contribution is -2.34. The van der Waals surface area contributed by atoms with Crippen LogP contribution in [0.2, 0.25) is 0 Å². The van der Waals surface area contributed by atoms with Crippen LogP contribution < -0.4 is 10.1 Å². The average Bonchev–Trinajstić information content (AvgIpc) is 2.30. The SMILES string of the molecule is CC(C)Oc1ccccc1[C@@H]1COCCN1. The van der Waals surface area contributed by atoms with Gasteiger partial charge in [0.2, 0.25) is 0 Å². The Morgan fingerprint density at radius 1 is 1.38 bits per heavy atom. The highest BCUT2D eigenvalue weighted by Gasteiger charge is 2.18. The fourth-order valence-corrected chi connectivity index (χ4v) is 1.89. The van der Waals surface area contributed by atoms with Crippen LogP contribution in [0.25, 0.3) is 0 Å². The molecule has 0 aliphatic carbocycles. The zero-order valence-electron chi connectivity index (χ0n) is 9.90. The zero-order valence-corrected chi connectivity index (χ0v) is 9.90. The van der Waals surface area contributed by atoms with Gasteiger partial charge in [-0.2, -0.15) is 0 Å². The van der Waals surface area contributed by atoms with Crippen LogP contribution in [0, 0.1) is 0 Å². The maximum absolute atomic E-state index is 5.80. The van der Waals surface area contributed by atoms with Crippen molar-refractivity contribution in [3.05, 3.63) is 29.8 Å². The Morgan fingerprint density at radius 2 is 2.19 bits per heavy atom. The van der Waals surface area contributed by atoms with Gasteiger partial charge in [0.15, 0.2) is 0 Å². The predicted octanol–water partition coefficient (Wildman–Crippen LogP) is 2.13. The van der Waals surface area contributed by atoms with Crippen molar-refractivity contribution in [3.8, 4) is 5.75 Å². The van der Waals surface area contributed by atoms with E-state index in [1.165, 1.54) is 5.56 Å². The van der Waals surface area contributed by atoms with Crippen LogP contribution in [-0.4, -0.2) is 25.9 Å². The van der Waals surface area contributed by atoms with Crippen molar-refractivity contribution in [2.24, 2.45) is 0 Å². The highest BCUT2D eigenvalue weighted by atomic mass is 16.5. The molecule has 0 bridgehead atoms. The lowest BCUT2D eigenvalue weighted by molar-refractivity contribution is 0.0753. The molecule has 1 atom stereocenters. The molecule has 1 aliphatic heterocycles. The highest BCUT2D eigenvalue weighted by Crippen LogP contribution is 2.27. The van der Waals surface area contributed by atoms with Crippen molar-refractivity contribution in [3.63, 3.8) is 0 Å². The normalized spacial score (nSPS) is 21.1. The molecule has 1 aromatic carbocycles. The maximum Gasteiger partial charge on any atom is 0.124 e. The van der Waals surface area contributed by atoms with Gasteiger partial charge in [0.1, 0.15) is 5.75 Å². The van der Waals surface area contributed by atoms with Gasteiger partial charge in [-0.15, -0.1) is 0 Å². The summed E-state index contributed by atoms with van der Waals surface area (Å²) in [5.74, 6) is 0.959. The molecule has 0 aromatic heterocycles. The predicted molar refractivity (Wildman–Crippen MR) is 63.8 cm³/mol. The molecule has 2 rings (SSSR count). The van der Waals surface area contributed by atoms with E-state index in [4.69, 9.17) is 9.47 Å². The minimum Gasteiger partial charge on any atom is -0.491 e. The number of rotatable bonds is 3. The smallest absolute Gasteiger partial charge is 0.124 e. The van der Waals surface area contributed by atoms with Gasteiger partial charge in [-0.25, -0.2) is 0 Å². The molecule has 16 heavy (non-hydrogen) atoms. The molecular weight excluding hydrogens is 202 g/mol. The third-order valence-electron chi connectivity index (χ3n) is 2.58. The summed E-state index contributed by atoms with van der Waals surface area (Å²) in [5, 5.41) is 3.44. The van der Waals surface area contributed by atoms with Gasteiger partial charge in [0, 0.05) is 12.1 Å². The summed E-state index contributed by atoms with van der Waals surface area (Å²) in [7, 11) is 0. The summed E-state index contributed by atoms with van der Waals surface area (Å²) in [6.45, 7) is 6.51.